The lowest BCUT2D eigenvalue weighted by Crippen LogP contribution is -2.16. The fourth-order valence-corrected chi connectivity index (χ4v) is 2.18. The molecule has 2 N–H and O–H groups in total. The third-order valence-electron chi connectivity index (χ3n) is 3.09. The predicted molar refractivity (Wildman–Crippen MR) is 63.4 cm³/mol. The molecule has 1 saturated heterocycles. The van der Waals surface area contributed by atoms with E-state index in [0.29, 0.717) is 12.3 Å². The van der Waals surface area contributed by atoms with Gasteiger partial charge in [-0.15, -0.1) is 0 Å². The Balaban J connectivity index is 2.21. The van der Waals surface area contributed by atoms with Crippen LogP contribution in [0, 0.1) is 12.8 Å². The first kappa shape index (κ1) is 11.1. The molecule has 1 fully saturated rings. The van der Waals surface area contributed by atoms with E-state index in [1.807, 2.05) is 26.0 Å². The third-order valence-corrected chi connectivity index (χ3v) is 3.09. The van der Waals surface area contributed by atoms with E-state index >= 15 is 0 Å². The standard InChI is InChI=1S/C13H17NO2/c1-8-5-11(14)3-4-12(8)13(15)10-6-9(2)16-7-10/h3-5,9-10H,6-7,14H2,1-2H3. The van der Waals surface area contributed by atoms with Crippen LogP contribution >= 0.6 is 0 Å². The van der Waals surface area contributed by atoms with Crippen LogP contribution in [0.15, 0.2) is 18.2 Å². The van der Waals surface area contributed by atoms with Crippen molar-refractivity contribution >= 4 is 11.5 Å². The van der Waals surface area contributed by atoms with Crippen molar-refractivity contribution in [1.29, 1.82) is 0 Å². The summed E-state index contributed by atoms with van der Waals surface area (Å²) in [5, 5.41) is 0. The number of Topliss-reactive ketones (excluding diaryl/α,β-unsaturated/α-hetero) is 1. The molecule has 86 valence electrons. The number of hydrogen-bond acceptors (Lipinski definition) is 3. The van der Waals surface area contributed by atoms with Crippen molar-refractivity contribution in [3.63, 3.8) is 0 Å². The summed E-state index contributed by atoms with van der Waals surface area (Å²) in [6.07, 6.45) is 1.02. The molecule has 0 radical (unpaired) electrons. The number of ether oxygens (including phenoxy) is 1. The lowest BCUT2D eigenvalue weighted by atomic mass is 9.92. The van der Waals surface area contributed by atoms with E-state index in [1.165, 1.54) is 0 Å². The Morgan fingerprint density at radius 2 is 2.25 bits per heavy atom. The topological polar surface area (TPSA) is 52.3 Å². The van der Waals surface area contributed by atoms with Gasteiger partial charge in [-0.1, -0.05) is 0 Å². The number of ketones is 1. The number of hydrogen-bond donors (Lipinski definition) is 1. The van der Waals surface area contributed by atoms with Gasteiger partial charge in [-0.25, -0.2) is 0 Å². The van der Waals surface area contributed by atoms with Crippen LogP contribution < -0.4 is 5.73 Å². The second kappa shape index (κ2) is 4.26. The van der Waals surface area contributed by atoms with Crippen molar-refractivity contribution in [1.82, 2.24) is 0 Å². The monoisotopic (exact) mass is 219 g/mol. The maximum atomic E-state index is 12.2. The quantitative estimate of drug-likeness (QED) is 0.612. The summed E-state index contributed by atoms with van der Waals surface area (Å²) >= 11 is 0. The molecule has 1 aromatic rings. The van der Waals surface area contributed by atoms with Crippen molar-refractivity contribution < 1.29 is 9.53 Å². The Labute approximate surface area is 95.6 Å². The molecule has 0 amide bonds. The Morgan fingerprint density at radius 1 is 1.50 bits per heavy atom. The van der Waals surface area contributed by atoms with Gasteiger partial charge in [-0.2, -0.15) is 0 Å². The van der Waals surface area contributed by atoms with E-state index in [9.17, 15) is 4.79 Å². The van der Waals surface area contributed by atoms with Crippen molar-refractivity contribution in [2.45, 2.75) is 26.4 Å². The molecule has 2 unspecified atom stereocenters. The molecule has 0 saturated carbocycles. The zero-order valence-corrected chi connectivity index (χ0v) is 9.69. The molecule has 2 atom stereocenters. The van der Waals surface area contributed by atoms with Gasteiger partial charge in [0.25, 0.3) is 0 Å². The van der Waals surface area contributed by atoms with Gasteiger partial charge in [-0.3, -0.25) is 4.79 Å². The van der Waals surface area contributed by atoms with Crippen LogP contribution in [0.5, 0.6) is 0 Å². The summed E-state index contributed by atoms with van der Waals surface area (Å²) in [7, 11) is 0. The molecule has 1 aliphatic heterocycles. The summed E-state index contributed by atoms with van der Waals surface area (Å²) in [6, 6.07) is 5.43. The number of nitrogen functional groups attached to an aromatic ring is 1. The van der Waals surface area contributed by atoms with Crippen LogP contribution in [0.4, 0.5) is 5.69 Å². The molecule has 1 aliphatic rings. The number of rotatable bonds is 2. The molecule has 3 heteroatoms. The normalized spacial score (nSPS) is 24.6. The first-order valence-corrected chi connectivity index (χ1v) is 5.60. The fraction of sp³-hybridized carbons (Fsp3) is 0.462. The smallest absolute Gasteiger partial charge is 0.168 e. The summed E-state index contributed by atoms with van der Waals surface area (Å²) in [5.74, 6) is 0.194. The highest BCUT2D eigenvalue weighted by molar-refractivity contribution is 5.99. The van der Waals surface area contributed by atoms with E-state index in [-0.39, 0.29) is 17.8 Å². The minimum absolute atomic E-state index is 0.0114. The van der Waals surface area contributed by atoms with Crippen molar-refractivity contribution in [2.24, 2.45) is 5.92 Å². The Kier molecular flexibility index (Phi) is 2.97. The molecule has 0 bridgehead atoms. The van der Waals surface area contributed by atoms with Crippen LogP contribution in [0.25, 0.3) is 0 Å². The average molecular weight is 219 g/mol. The minimum atomic E-state index is 0.0114. The molecule has 2 rings (SSSR count). The number of nitrogens with two attached hydrogens (primary N) is 1. The van der Waals surface area contributed by atoms with Gasteiger partial charge in [0.1, 0.15) is 0 Å². The van der Waals surface area contributed by atoms with E-state index in [2.05, 4.69) is 0 Å². The second-order valence-corrected chi connectivity index (χ2v) is 4.52. The highest BCUT2D eigenvalue weighted by Crippen LogP contribution is 2.25. The molecule has 3 nitrogen and oxygen atoms in total. The number of carbonyl (C=O) groups excluding carboxylic acids is 1. The molecule has 0 aromatic heterocycles. The SMILES string of the molecule is Cc1cc(N)ccc1C(=O)C1COC(C)C1. The van der Waals surface area contributed by atoms with Gasteiger partial charge in [-0.05, 0) is 44.0 Å². The van der Waals surface area contributed by atoms with Crippen LogP contribution in [0.1, 0.15) is 29.3 Å². The predicted octanol–water partition coefficient (Wildman–Crippen LogP) is 2.18. The number of benzene rings is 1. The highest BCUT2D eigenvalue weighted by Gasteiger charge is 2.29. The highest BCUT2D eigenvalue weighted by atomic mass is 16.5. The van der Waals surface area contributed by atoms with E-state index < -0.39 is 0 Å². The first-order valence-electron chi connectivity index (χ1n) is 5.60. The second-order valence-electron chi connectivity index (χ2n) is 4.52. The van der Waals surface area contributed by atoms with Crippen molar-refractivity contribution in [3.8, 4) is 0 Å². The number of anilines is 1. The van der Waals surface area contributed by atoms with Crippen LogP contribution in [0.2, 0.25) is 0 Å². The molecule has 16 heavy (non-hydrogen) atoms. The van der Waals surface area contributed by atoms with Gasteiger partial charge in [0, 0.05) is 17.2 Å². The molecule has 0 spiro atoms. The molecular weight excluding hydrogens is 202 g/mol. The minimum Gasteiger partial charge on any atom is -0.399 e. The fourth-order valence-electron chi connectivity index (χ4n) is 2.18. The summed E-state index contributed by atoms with van der Waals surface area (Å²) in [6.45, 7) is 4.47. The Hall–Kier alpha value is -1.35. The third kappa shape index (κ3) is 2.09. The van der Waals surface area contributed by atoms with Crippen LogP contribution in [-0.4, -0.2) is 18.5 Å². The van der Waals surface area contributed by atoms with Crippen LogP contribution in [0.3, 0.4) is 0 Å². The van der Waals surface area contributed by atoms with Crippen molar-refractivity contribution in [3.05, 3.63) is 29.3 Å². The first-order chi connectivity index (χ1) is 7.58. The number of aryl methyl sites for hydroxylation is 1. The summed E-state index contributed by atoms with van der Waals surface area (Å²) in [5.41, 5.74) is 8.09. The Morgan fingerprint density at radius 3 is 2.81 bits per heavy atom. The maximum Gasteiger partial charge on any atom is 0.168 e. The van der Waals surface area contributed by atoms with Gasteiger partial charge in [0.05, 0.1) is 12.7 Å². The molecule has 1 aromatic carbocycles. The van der Waals surface area contributed by atoms with E-state index in [0.717, 1.165) is 17.5 Å². The maximum absolute atomic E-state index is 12.2. The molecule has 1 heterocycles. The largest absolute Gasteiger partial charge is 0.399 e. The number of carbonyl (C=O) groups is 1. The summed E-state index contributed by atoms with van der Waals surface area (Å²) in [4.78, 5) is 12.2. The lowest BCUT2D eigenvalue weighted by Gasteiger charge is -2.09. The van der Waals surface area contributed by atoms with E-state index in [4.69, 9.17) is 10.5 Å². The van der Waals surface area contributed by atoms with Gasteiger partial charge in [0.15, 0.2) is 5.78 Å². The van der Waals surface area contributed by atoms with Gasteiger partial charge in [0.2, 0.25) is 0 Å². The zero-order valence-electron chi connectivity index (χ0n) is 9.69. The van der Waals surface area contributed by atoms with Gasteiger partial charge < -0.3 is 10.5 Å². The molecule has 0 aliphatic carbocycles. The van der Waals surface area contributed by atoms with E-state index in [1.54, 1.807) is 6.07 Å². The van der Waals surface area contributed by atoms with Crippen LogP contribution in [-0.2, 0) is 4.74 Å². The Bertz CT molecular complexity index is 414. The summed E-state index contributed by atoms with van der Waals surface area (Å²) < 4.78 is 5.43. The average Bonchev–Trinajstić information content (AvgIpc) is 2.64. The lowest BCUT2D eigenvalue weighted by molar-refractivity contribution is 0.0877. The van der Waals surface area contributed by atoms with Gasteiger partial charge >= 0.3 is 0 Å². The molecular formula is C13H17NO2. The zero-order chi connectivity index (χ0) is 11.7. The van der Waals surface area contributed by atoms with Crippen molar-refractivity contribution in [2.75, 3.05) is 12.3 Å².